The molecule has 0 atom stereocenters. The summed E-state index contributed by atoms with van der Waals surface area (Å²) in [5, 5.41) is 0. The molecule has 0 fully saturated rings. The zero-order chi connectivity index (χ0) is 15.2. The van der Waals surface area contributed by atoms with Crippen molar-refractivity contribution in [2.75, 3.05) is 34.0 Å². The second kappa shape index (κ2) is 7.61. The van der Waals surface area contributed by atoms with Crippen LogP contribution in [0, 0.1) is 10.8 Å². The predicted octanol–water partition coefficient (Wildman–Crippen LogP) is 3.91. The van der Waals surface area contributed by atoms with Crippen molar-refractivity contribution < 1.29 is 14.2 Å². The maximum Gasteiger partial charge on any atom is 0.0649 e. The Labute approximate surface area is 120 Å². The SMILES string of the molecule is CCC(C)(CC)OCC(COC)(COC)C(C)(C)C. The number of methoxy groups -OCH3 is 2. The van der Waals surface area contributed by atoms with E-state index in [9.17, 15) is 0 Å². The van der Waals surface area contributed by atoms with E-state index in [-0.39, 0.29) is 16.4 Å². The summed E-state index contributed by atoms with van der Waals surface area (Å²) in [5.74, 6) is 0. The van der Waals surface area contributed by atoms with Crippen LogP contribution in [-0.2, 0) is 14.2 Å². The van der Waals surface area contributed by atoms with Crippen LogP contribution < -0.4 is 0 Å². The van der Waals surface area contributed by atoms with E-state index >= 15 is 0 Å². The molecular formula is C16H34O3. The van der Waals surface area contributed by atoms with Gasteiger partial charge >= 0.3 is 0 Å². The van der Waals surface area contributed by atoms with Crippen LogP contribution in [0.4, 0.5) is 0 Å². The molecule has 19 heavy (non-hydrogen) atoms. The molecule has 0 aliphatic carbocycles. The highest BCUT2D eigenvalue weighted by molar-refractivity contribution is 4.91. The molecule has 0 aromatic heterocycles. The van der Waals surface area contributed by atoms with Crippen molar-refractivity contribution in [1.29, 1.82) is 0 Å². The minimum absolute atomic E-state index is 0.0570. The lowest BCUT2D eigenvalue weighted by Crippen LogP contribution is -2.49. The molecule has 0 unspecified atom stereocenters. The van der Waals surface area contributed by atoms with E-state index < -0.39 is 0 Å². The summed E-state index contributed by atoms with van der Waals surface area (Å²) in [6, 6.07) is 0. The van der Waals surface area contributed by atoms with E-state index in [2.05, 4.69) is 41.5 Å². The predicted molar refractivity (Wildman–Crippen MR) is 80.6 cm³/mol. The van der Waals surface area contributed by atoms with Gasteiger partial charge in [0.2, 0.25) is 0 Å². The first-order valence-electron chi connectivity index (χ1n) is 7.32. The summed E-state index contributed by atoms with van der Waals surface area (Å²) in [6.45, 7) is 15.2. The Morgan fingerprint density at radius 1 is 0.737 bits per heavy atom. The van der Waals surface area contributed by atoms with Crippen molar-refractivity contribution in [1.82, 2.24) is 0 Å². The third-order valence-corrected chi connectivity index (χ3v) is 4.62. The van der Waals surface area contributed by atoms with E-state index in [1.165, 1.54) is 0 Å². The molecule has 0 saturated carbocycles. The largest absolute Gasteiger partial charge is 0.384 e. The summed E-state index contributed by atoms with van der Waals surface area (Å²) in [7, 11) is 3.49. The lowest BCUT2D eigenvalue weighted by Gasteiger charge is -2.45. The first kappa shape index (κ1) is 18.9. The van der Waals surface area contributed by atoms with Crippen LogP contribution in [0.1, 0.15) is 54.4 Å². The van der Waals surface area contributed by atoms with Gasteiger partial charge in [0, 0.05) is 19.6 Å². The molecule has 0 N–H and O–H groups in total. The second-order valence-electron chi connectivity index (χ2n) is 6.84. The summed E-state index contributed by atoms with van der Waals surface area (Å²) >= 11 is 0. The molecule has 0 aromatic rings. The van der Waals surface area contributed by atoms with Crippen LogP contribution in [0.2, 0.25) is 0 Å². The smallest absolute Gasteiger partial charge is 0.0649 e. The molecule has 0 rings (SSSR count). The number of rotatable bonds is 9. The molecule has 3 nitrogen and oxygen atoms in total. The highest BCUT2D eigenvalue weighted by atomic mass is 16.5. The Morgan fingerprint density at radius 3 is 1.42 bits per heavy atom. The molecule has 0 bridgehead atoms. The van der Waals surface area contributed by atoms with Crippen LogP contribution in [0.3, 0.4) is 0 Å². The van der Waals surface area contributed by atoms with Gasteiger partial charge in [-0.2, -0.15) is 0 Å². The fourth-order valence-electron chi connectivity index (χ4n) is 2.09. The summed E-state index contributed by atoms with van der Waals surface area (Å²) in [4.78, 5) is 0. The van der Waals surface area contributed by atoms with Crippen LogP contribution in [-0.4, -0.2) is 39.6 Å². The Bertz CT molecular complexity index is 233. The summed E-state index contributed by atoms with van der Waals surface area (Å²) in [6.07, 6.45) is 2.04. The van der Waals surface area contributed by atoms with E-state index in [0.29, 0.717) is 19.8 Å². The Kier molecular flexibility index (Phi) is 7.56. The number of ether oxygens (including phenoxy) is 3. The topological polar surface area (TPSA) is 27.7 Å². The standard InChI is InChI=1S/C16H34O3/c1-9-15(6,10-2)19-13-16(11-17-7,12-18-8)14(3,4)5/h9-13H2,1-8H3. The van der Waals surface area contributed by atoms with E-state index in [1.807, 2.05) is 0 Å². The molecule has 0 aliphatic rings. The Hall–Kier alpha value is -0.120. The summed E-state index contributed by atoms with van der Waals surface area (Å²) in [5.41, 5.74) is -0.124. The molecule has 0 radical (unpaired) electrons. The molecule has 0 aromatic carbocycles. The van der Waals surface area contributed by atoms with Crippen molar-refractivity contribution in [2.24, 2.45) is 10.8 Å². The van der Waals surface area contributed by atoms with Crippen molar-refractivity contribution in [3.8, 4) is 0 Å². The highest BCUT2D eigenvalue weighted by Gasteiger charge is 2.44. The van der Waals surface area contributed by atoms with Gasteiger partial charge in [0.25, 0.3) is 0 Å². The first-order valence-corrected chi connectivity index (χ1v) is 7.32. The van der Waals surface area contributed by atoms with Crippen LogP contribution >= 0.6 is 0 Å². The third kappa shape index (κ3) is 5.05. The number of hydrogen-bond acceptors (Lipinski definition) is 3. The Morgan fingerprint density at radius 2 is 1.16 bits per heavy atom. The van der Waals surface area contributed by atoms with Gasteiger partial charge in [0.1, 0.15) is 0 Å². The maximum absolute atomic E-state index is 6.27. The van der Waals surface area contributed by atoms with Gasteiger partial charge in [-0.25, -0.2) is 0 Å². The third-order valence-electron chi connectivity index (χ3n) is 4.62. The van der Waals surface area contributed by atoms with E-state index in [0.717, 1.165) is 12.8 Å². The minimum atomic E-state index is -0.123. The lowest BCUT2D eigenvalue weighted by molar-refractivity contribution is -0.149. The van der Waals surface area contributed by atoms with Gasteiger partial charge in [-0.05, 0) is 25.2 Å². The monoisotopic (exact) mass is 274 g/mol. The van der Waals surface area contributed by atoms with Gasteiger partial charge in [0.15, 0.2) is 0 Å². The zero-order valence-corrected chi connectivity index (χ0v) is 14.3. The molecule has 0 spiro atoms. The van der Waals surface area contributed by atoms with Gasteiger partial charge in [0.05, 0.1) is 25.4 Å². The zero-order valence-electron chi connectivity index (χ0n) is 14.3. The molecule has 116 valence electrons. The van der Waals surface area contributed by atoms with Crippen molar-refractivity contribution in [2.45, 2.75) is 60.0 Å². The van der Waals surface area contributed by atoms with Gasteiger partial charge in [-0.1, -0.05) is 34.6 Å². The average molecular weight is 274 g/mol. The number of hydrogen-bond donors (Lipinski definition) is 0. The first-order chi connectivity index (χ1) is 8.70. The highest BCUT2D eigenvalue weighted by Crippen LogP contribution is 2.41. The fourth-order valence-corrected chi connectivity index (χ4v) is 2.09. The average Bonchev–Trinajstić information content (AvgIpc) is 2.34. The van der Waals surface area contributed by atoms with E-state index in [1.54, 1.807) is 14.2 Å². The van der Waals surface area contributed by atoms with Crippen molar-refractivity contribution in [3.63, 3.8) is 0 Å². The molecular weight excluding hydrogens is 240 g/mol. The van der Waals surface area contributed by atoms with Gasteiger partial charge < -0.3 is 14.2 Å². The second-order valence-corrected chi connectivity index (χ2v) is 6.84. The van der Waals surface area contributed by atoms with Gasteiger partial charge in [-0.15, -0.1) is 0 Å². The fraction of sp³-hybridized carbons (Fsp3) is 1.00. The quantitative estimate of drug-likeness (QED) is 0.638. The molecule has 0 aliphatic heterocycles. The van der Waals surface area contributed by atoms with Crippen LogP contribution in [0.5, 0.6) is 0 Å². The molecule has 0 saturated heterocycles. The molecule has 0 heterocycles. The van der Waals surface area contributed by atoms with Crippen molar-refractivity contribution >= 4 is 0 Å². The minimum Gasteiger partial charge on any atom is -0.384 e. The van der Waals surface area contributed by atoms with Crippen molar-refractivity contribution in [3.05, 3.63) is 0 Å². The molecule has 0 amide bonds. The van der Waals surface area contributed by atoms with Crippen LogP contribution in [0.15, 0.2) is 0 Å². The van der Waals surface area contributed by atoms with E-state index in [4.69, 9.17) is 14.2 Å². The Balaban J connectivity index is 5.04. The lowest BCUT2D eigenvalue weighted by atomic mass is 9.67. The molecule has 3 heteroatoms. The normalized spacial score (nSPS) is 13.9. The summed E-state index contributed by atoms with van der Waals surface area (Å²) < 4.78 is 17.2. The maximum atomic E-state index is 6.27. The van der Waals surface area contributed by atoms with Crippen LogP contribution in [0.25, 0.3) is 0 Å². The van der Waals surface area contributed by atoms with Gasteiger partial charge in [-0.3, -0.25) is 0 Å².